The highest BCUT2D eigenvalue weighted by Crippen LogP contribution is 2.37. The van der Waals surface area contributed by atoms with Gasteiger partial charge in [-0.1, -0.05) is 38.1 Å². The lowest BCUT2D eigenvalue weighted by Crippen LogP contribution is -2.44. The van der Waals surface area contributed by atoms with Crippen LogP contribution in [0.4, 0.5) is 17.5 Å². The third-order valence-corrected chi connectivity index (χ3v) is 15.3. The zero-order valence-electron chi connectivity index (χ0n) is 46.7. The van der Waals surface area contributed by atoms with Gasteiger partial charge in [0.15, 0.2) is 5.82 Å². The molecule has 10 rings (SSSR count). The summed E-state index contributed by atoms with van der Waals surface area (Å²) in [5.74, 6) is 3.07. The predicted octanol–water partition coefficient (Wildman–Crippen LogP) is 9.36. The van der Waals surface area contributed by atoms with E-state index in [0.29, 0.717) is 55.8 Å². The summed E-state index contributed by atoms with van der Waals surface area (Å²) in [6, 6.07) is 6.33. The smallest absolute Gasteiger partial charge is 0.399 e. The molecular formula is C53H80BCl4N15O5. The summed E-state index contributed by atoms with van der Waals surface area (Å²) in [6.45, 7) is 33.2. The van der Waals surface area contributed by atoms with Gasteiger partial charge in [0.05, 0.1) is 97.3 Å². The highest BCUT2D eigenvalue weighted by Gasteiger charge is 2.53. The van der Waals surface area contributed by atoms with Crippen molar-refractivity contribution in [3.05, 3.63) is 73.2 Å². The molecule has 6 aromatic heterocycles. The first-order valence-electron chi connectivity index (χ1n) is 25.5. The molecule has 78 heavy (non-hydrogen) atoms. The molecule has 4 aliphatic heterocycles. The lowest BCUT2D eigenvalue weighted by atomic mass is 9.77. The van der Waals surface area contributed by atoms with Crippen LogP contribution < -0.4 is 20.2 Å². The number of morpholine rings is 3. The van der Waals surface area contributed by atoms with Gasteiger partial charge >= 0.3 is 7.12 Å². The highest BCUT2D eigenvalue weighted by atomic mass is 35.5. The Hall–Kier alpha value is -4.71. The third-order valence-electron chi connectivity index (χ3n) is 14.6. The summed E-state index contributed by atoms with van der Waals surface area (Å²) in [5, 5.41) is 14.5. The minimum absolute atomic E-state index is 0. The van der Waals surface area contributed by atoms with E-state index < -0.39 is 0 Å². The summed E-state index contributed by atoms with van der Waals surface area (Å²) in [4.78, 5) is 32.4. The maximum absolute atomic E-state index is 6.24. The molecule has 20 nitrogen and oxygen atoms in total. The predicted molar refractivity (Wildman–Crippen MR) is 314 cm³/mol. The number of anilines is 3. The number of ether oxygens (including phenoxy) is 3. The van der Waals surface area contributed by atoms with E-state index in [2.05, 4.69) is 103 Å². The number of hydrogen-bond donors (Lipinski definition) is 0. The SMILES string of the molecule is C.C.C[C@@H]1COCCN1c1cc(Cl)nc(Cl)n1.Cc1nn(C)c(C)c1-c1cc(N2CCOC[C@H]2C)nc(Cl)n1.Cc1nn(C)c(C)c1-c1nc(Cl)cc(N2CCOC[C@H]2C)n1.Cc1nn(C)c(C)c1B1OC(C)(C)C(C)(C)O1. The minimum Gasteiger partial charge on any atom is -0.399 e. The van der Waals surface area contributed by atoms with Crippen LogP contribution in [-0.4, -0.2) is 155 Å². The van der Waals surface area contributed by atoms with Crippen LogP contribution in [0.25, 0.3) is 22.6 Å². The van der Waals surface area contributed by atoms with Crippen molar-refractivity contribution in [2.75, 3.05) is 74.0 Å². The first kappa shape index (κ1) is 64.1. The van der Waals surface area contributed by atoms with E-state index in [9.17, 15) is 0 Å². The molecule has 0 N–H and O–H groups in total. The monoisotopic (exact) mass is 1160 g/mol. The van der Waals surface area contributed by atoms with Crippen LogP contribution in [0.2, 0.25) is 20.9 Å². The molecule has 428 valence electrons. The Morgan fingerprint density at radius 2 is 0.885 bits per heavy atom. The Morgan fingerprint density at radius 3 is 1.28 bits per heavy atom. The van der Waals surface area contributed by atoms with Crippen LogP contribution in [0, 0.1) is 41.5 Å². The molecule has 0 aromatic carbocycles. The summed E-state index contributed by atoms with van der Waals surface area (Å²) in [6.07, 6.45) is 0. The number of rotatable bonds is 6. The Kier molecular flexibility index (Phi) is 22.0. The molecule has 0 saturated carbocycles. The van der Waals surface area contributed by atoms with Gasteiger partial charge in [-0.3, -0.25) is 14.0 Å². The van der Waals surface area contributed by atoms with Gasteiger partial charge in [-0.2, -0.15) is 15.3 Å². The first-order valence-corrected chi connectivity index (χ1v) is 27.0. The fraction of sp³-hybridized carbons (Fsp3) is 0.604. The summed E-state index contributed by atoms with van der Waals surface area (Å²) >= 11 is 24.0. The number of aromatic nitrogens is 12. The maximum atomic E-state index is 6.24. The Balaban J connectivity index is 0.000000192. The van der Waals surface area contributed by atoms with Gasteiger partial charge in [0.25, 0.3) is 0 Å². The van der Waals surface area contributed by atoms with Crippen molar-refractivity contribution in [2.45, 2.75) is 134 Å². The van der Waals surface area contributed by atoms with E-state index in [1.165, 1.54) is 0 Å². The van der Waals surface area contributed by atoms with Crippen LogP contribution in [-0.2, 0) is 44.7 Å². The Morgan fingerprint density at radius 1 is 0.500 bits per heavy atom. The molecule has 0 amide bonds. The first-order chi connectivity index (χ1) is 35.8. The van der Waals surface area contributed by atoms with E-state index in [0.717, 1.165) is 93.5 Å². The zero-order chi connectivity index (χ0) is 55.6. The molecule has 3 atom stereocenters. The molecule has 10 heterocycles. The summed E-state index contributed by atoms with van der Waals surface area (Å²) in [5.41, 5.74) is 9.26. The van der Waals surface area contributed by atoms with Crippen molar-refractivity contribution in [3.8, 4) is 22.6 Å². The molecule has 6 aromatic rings. The van der Waals surface area contributed by atoms with Gasteiger partial charge in [0.1, 0.15) is 27.8 Å². The number of halogens is 4. The quantitative estimate of drug-likeness (QED) is 0.0871. The largest absolute Gasteiger partial charge is 0.498 e. The molecule has 0 bridgehead atoms. The van der Waals surface area contributed by atoms with Crippen LogP contribution >= 0.6 is 46.4 Å². The molecular weight excluding hydrogens is 1080 g/mol. The van der Waals surface area contributed by atoms with E-state index in [4.69, 9.17) is 74.9 Å². The average Bonchev–Trinajstić information content (AvgIpc) is 4.04. The van der Waals surface area contributed by atoms with E-state index >= 15 is 0 Å². The van der Waals surface area contributed by atoms with Crippen LogP contribution in [0.15, 0.2) is 18.2 Å². The van der Waals surface area contributed by atoms with Gasteiger partial charge in [0, 0.05) is 87.1 Å². The fourth-order valence-electron chi connectivity index (χ4n) is 9.41. The third kappa shape index (κ3) is 14.6. The van der Waals surface area contributed by atoms with Crippen molar-refractivity contribution < 1.29 is 23.5 Å². The van der Waals surface area contributed by atoms with E-state index in [-0.39, 0.29) is 61.9 Å². The molecule has 0 aliphatic carbocycles. The molecule has 4 aliphatic rings. The van der Waals surface area contributed by atoms with Gasteiger partial charge in [-0.25, -0.2) is 29.9 Å². The van der Waals surface area contributed by atoms with Crippen molar-refractivity contribution in [1.82, 2.24) is 59.2 Å². The number of hydrogen-bond acceptors (Lipinski definition) is 17. The highest BCUT2D eigenvalue weighted by molar-refractivity contribution is 6.63. The Bertz CT molecular complexity index is 2830. The standard InChI is InChI=1S/2C15H20ClN5O.C12H21BN2O2.C9H11Cl2N3O.2CH4/c1-9-8-22-6-5-21(9)13-7-12(16)17-15(18-13)14-10(2)19-20(4)11(14)3;1-9-8-22-6-5-21(9)13-7-12(17-15(16)18-13)14-10(2)19-20(4)11(14)3;1-8-10(9(2)15(7)14-8)13-16-11(3,4)12(5,6)17-13;1-6-5-15-3-2-14(6)8-4-7(10)12-9(11)13-8;;/h2*7,9H,5-6,8H2,1-4H3;1-7H3;4,6H,2-3,5H2,1H3;2*1H4/t2*9-;;6-;;/m11.1../s1. The average molecular weight is 1160 g/mol. The molecule has 0 radical (unpaired) electrons. The van der Waals surface area contributed by atoms with E-state index in [1.807, 2.05) is 88.9 Å². The van der Waals surface area contributed by atoms with Crippen molar-refractivity contribution in [2.24, 2.45) is 21.1 Å². The molecule has 4 saturated heterocycles. The molecule has 25 heteroatoms. The van der Waals surface area contributed by atoms with Gasteiger partial charge in [-0.15, -0.1) is 0 Å². The van der Waals surface area contributed by atoms with Crippen LogP contribution in [0.5, 0.6) is 0 Å². The number of aryl methyl sites for hydroxylation is 6. The number of nitrogens with zero attached hydrogens (tertiary/aromatic N) is 15. The van der Waals surface area contributed by atoms with Gasteiger partial charge in [-0.05, 0) is 113 Å². The van der Waals surface area contributed by atoms with Crippen LogP contribution in [0.3, 0.4) is 0 Å². The summed E-state index contributed by atoms with van der Waals surface area (Å²) < 4.78 is 34.0. The van der Waals surface area contributed by atoms with E-state index in [1.54, 1.807) is 6.07 Å². The van der Waals surface area contributed by atoms with Crippen molar-refractivity contribution in [3.63, 3.8) is 0 Å². The lowest BCUT2D eigenvalue weighted by molar-refractivity contribution is 0.00578. The molecule has 4 fully saturated rings. The zero-order valence-corrected chi connectivity index (χ0v) is 49.7. The molecule has 0 spiro atoms. The molecule has 0 unspecified atom stereocenters. The second kappa shape index (κ2) is 26.7. The topological polar surface area (TPSA) is 187 Å². The lowest BCUT2D eigenvalue weighted by Gasteiger charge is -2.34. The van der Waals surface area contributed by atoms with Crippen LogP contribution in [0.1, 0.15) is 97.5 Å². The minimum atomic E-state index is -0.311. The normalized spacial score (nSPS) is 19.6. The van der Waals surface area contributed by atoms with Crippen molar-refractivity contribution in [1.29, 1.82) is 0 Å². The van der Waals surface area contributed by atoms with Gasteiger partial charge in [0.2, 0.25) is 10.6 Å². The Labute approximate surface area is 481 Å². The second-order valence-electron chi connectivity index (χ2n) is 20.6. The summed E-state index contributed by atoms with van der Waals surface area (Å²) in [7, 11) is 5.48. The van der Waals surface area contributed by atoms with Gasteiger partial charge < -0.3 is 38.2 Å². The maximum Gasteiger partial charge on any atom is 0.498 e. The van der Waals surface area contributed by atoms with Crippen molar-refractivity contribution >= 4 is 76.4 Å². The fourth-order valence-corrected chi connectivity index (χ4v) is 10.2. The second-order valence-corrected chi connectivity index (χ2v) is 22.0.